The Bertz CT molecular complexity index is 392. The second-order valence-electron chi connectivity index (χ2n) is 3.56. The number of hydrogen-bond acceptors (Lipinski definition) is 0. The van der Waals surface area contributed by atoms with Crippen molar-refractivity contribution in [2.45, 2.75) is 19.3 Å². The summed E-state index contributed by atoms with van der Waals surface area (Å²) >= 11 is 0. The summed E-state index contributed by atoms with van der Waals surface area (Å²) in [5.41, 5.74) is 2.56. The van der Waals surface area contributed by atoms with Crippen molar-refractivity contribution in [3.05, 3.63) is 48.7 Å². The molecule has 1 N–H and O–H groups in total. The summed E-state index contributed by atoms with van der Waals surface area (Å²) in [7, 11) is 0. The summed E-state index contributed by atoms with van der Waals surface area (Å²) < 4.78 is 0. The predicted molar refractivity (Wildman–Crippen MR) is 61.4 cm³/mol. The maximum atomic E-state index is 3.72. The normalized spacial score (nSPS) is 10.6. The lowest BCUT2D eigenvalue weighted by Gasteiger charge is -1.93. The molecular formula is C13H15N. The van der Waals surface area contributed by atoms with Crippen LogP contribution >= 0.6 is 0 Å². The molecule has 1 nitrogen and oxygen atoms in total. The monoisotopic (exact) mass is 185 g/mol. The standard InChI is InChI=1S/C13H15N/c1-2-3-4-8-12-10-11-7-5-6-9-13(11)14-12/h2,5-7,9-10,14H,1,3-4,8H2. The number of allylic oxidation sites excluding steroid dienone is 1. The first-order valence-corrected chi connectivity index (χ1v) is 5.07. The molecule has 1 heterocycles. The van der Waals surface area contributed by atoms with Gasteiger partial charge in [-0.3, -0.25) is 0 Å². The van der Waals surface area contributed by atoms with E-state index in [1.165, 1.54) is 23.0 Å². The van der Waals surface area contributed by atoms with Crippen molar-refractivity contribution in [2.75, 3.05) is 0 Å². The smallest absolute Gasteiger partial charge is 0.0456 e. The molecule has 0 unspecified atom stereocenters. The average molecular weight is 185 g/mol. The van der Waals surface area contributed by atoms with Gasteiger partial charge in [0.1, 0.15) is 0 Å². The number of rotatable bonds is 4. The van der Waals surface area contributed by atoms with Gasteiger partial charge in [-0.25, -0.2) is 0 Å². The molecule has 2 rings (SSSR count). The Balaban J connectivity index is 2.14. The quantitative estimate of drug-likeness (QED) is 0.552. The van der Waals surface area contributed by atoms with Crippen molar-refractivity contribution >= 4 is 10.9 Å². The lowest BCUT2D eigenvalue weighted by atomic mass is 10.2. The fraction of sp³-hybridized carbons (Fsp3) is 0.231. The first-order chi connectivity index (χ1) is 6.90. The van der Waals surface area contributed by atoms with Crippen molar-refractivity contribution in [3.8, 4) is 0 Å². The van der Waals surface area contributed by atoms with E-state index in [2.05, 4.69) is 41.9 Å². The van der Waals surface area contributed by atoms with Gasteiger partial charge < -0.3 is 4.98 Å². The van der Waals surface area contributed by atoms with E-state index in [-0.39, 0.29) is 0 Å². The molecule has 0 bridgehead atoms. The van der Waals surface area contributed by atoms with Gasteiger partial charge in [-0.2, -0.15) is 0 Å². The Labute approximate surface area is 84.5 Å². The van der Waals surface area contributed by atoms with Crippen LogP contribution in [0, 0.1) is 0 Å². The number of aryl methyl sites for hydroxylation is 1. The van der Waals surface area contributed by atoms with E-state index in [1.807, 2.05) is 6.08 Å². The van der Waals surface area contributed by atoms with E-state index in [1.54, 1.807) is 0 Å². The summed E-state index contributed by atoms with van der Waals surface area (Å²) in [5, 5.41) is 1.31. The van der Waals surface area contributed by atoms with E-state index in [0.29, 0.717) is 0 Å². The van der Waals surface area contributed by atoms with Gasteiger partial charge in [0.25, 0.3) is 0 Å². The summed E-state index contributed by atoms with van der Waals surface area (Å²) in [6.45, 7) is 3.72. The number of fused-ring (bicyclic) bond motifs is 1. The van der Waals surface area contributed by atoms with Gasteiger partial charge in [0, 0.05) is 11.2 Å². The van der Waals surface area contributed by atoms with Crippen LogP contribution in [-0.4, -0.2) is 4.98 Å². The molecule has 0 aliphatic heterocycles. The first-order valence-electron chi connectivity index (χ1n) is 5.07. The molecule has 0 radical (unpaired) electrons. The molecule has 2 aromatic rings. The zero-order valence-electron chi connectivity index (χ0n) is 8.29. The van der Waals surface area contributed by atoms with E-state index in [4.69, 9.17) is 0 Å². The minimum absolute atomic E-state index is 1.09. The highest BCUT2D eigenvalue weighted by atomic mass is 14.7. The molecule has 0 saturated heterocycles. The van der Waals surface area contributed by atoms with Crippen molar-refractivity contribution in [1.82, 2.24) is 4.98 Å². The highest BCUT2D eigenvalue weighted by Crippen LogP contribution is 2.15. The van der Waals surface area contributed by atoms with Gasteiger partial charge in [-0.05, 0) is 36.8 Å². The Morgan fingerprint density at radius 2 is 2.14 bits per heavy atom. The zero-order chi connectivity index (χ0) is 9.80. The third-order valence-electron chi connectivity index (χ3n) is 2.44. The van der Waals surface area contributed by atoms with Crippen LogP contribution < -0.4 is 0 Å². The minimum atomic E-state index is 1.09. The molecule has 0 saturated carbocycles. The number of para-hydroxylation sites is 1. The van der Waals surface area contributed by atoms with Gasteiger partial charge in [-0.1, -0.05) is 24.3 Å². The minimum Gasteiger partial charge on any atom is -0.358 e. The van der Waals surface area contributed by atoms with E-state index in [0.717, 1.165) is 12.8 Å². The van der Waals surface area contributed by atoms with Gasteiger partial charge in [0.15, 0.2) is 0 Å². The second kappa shape index (κ2) is 4.14. The zero-order valence-corrected chi connectivity index (χ0v) is 8.29. The molecular weight excluding hydrogens is 170 g/mol. The Morgan fingerprint density at radius 1 is 1.29 bits per heavy atom. The molecule has 0 spiro atoms. The molecule has 0 amide bonds. The number of nitrogens with one attached hydrogen (secondary N) is 1. The van der Waals surface area contributed by atoms with Crippen LogP contribution in [0.1, 0.15) is 18.5 Å². The number of aromatic amines is 1. The van der Waals surface area contributed by atoms with Crippen LogP contribution in [0.15, 0.2) is 43.0 Å². The van der Waals surface area contributed by atoms with Gasteiger partial charge in [0.05, 0.1) is 0 Å². The summed E-state index contributed by atoms with van der Waals surface area (Å²) in [4.78, 5) is 3.42. The van der Waals surface area contributed by atoms with Crippen molar-refractivity contribution in [1.29, 1.82) is 0 Å². The summed E-state index contributed by atoms with van der Waals surface area (Å²) in [6, 6.07) is 10.6. The first kappa shape index (κ1) is 9.07. The van der Waals surface area contributed by atoms with Crippen LogP contribution in [0.5, 0.6) is 0 Å². The molecule has 1 aromatic carbocycles. The number of hydrogen-bond donors (Lipinski definition) is 1. The lowest BCUT2D eigenvalue weighted by molar-refractivity contribution is 0.827. The predicted octanol–water partition coefficient (Wildman–Crippen LogP) is 3.68. The molecule has 0 fully saturated rings. The number of benzene rings is 1. The topological polar surface area (TPSA) is 15.8 Å². The number of unbranched alkanes of at least 4 members (excludes halogenated alkanes) is 1. The maximum Gasteiger partial charge on any atom is 0.0456 e. The SMILES string of the molecule is C=CCCCc1cc2ccccc2[nH]1. The highest BCUT2D eigenvalue weighted by Gasteiger charge is 1.98. The molecule has 0 aliphatic carbocycles. The Morgan fingerprint density at radius 3 is 2.93 bits per heavy atom. The van der Waals surface area contributed by atoms with Crippen LogP contribution in [-0.2, 0) is 6.42 Å². The van der Waals surface area contributed by atoms with E-state index < -0.39 is 0 Å². The number of H-pyrrole nitrogens is 1. The maximum absolute atomic E-state index is 3.72. The molecule has 0 aliphatic rings. The average Bonchev–Trinajstić information content (AvgIpc) is 2.60. The summed E-state index contributed by atoms with van der Waals surface area (Å²) in [5.74, 6) is 0. The van der Waals surface area contributed by atoms with Gasteiger partial charge >= 0.3 is 0 Å². The third-order valence-corrected chi connectivity index (χ3v) is 2.44. The van der Waals surface area contributed by atoms with Crippen molar-refractivity contribution < 1.29 is 0 Å². The third kappa shape index (κ3) is 1.87. The van der Waals surface area contributed by atoms with Crippen LogP contribution in [0.4, 0.5) is 0 Å². The van der Waals surface area contributed by atoms with E-state index in [9.17, 15) is 0 Å². The second-order valence-corrected chi connectivity index (χ2v) is 3.56. The molecule has 0 atom stereocenters. The van der Waals surface area contributed by atoms with Gasteiger partial charge in [0.2, 0.25) is 0 Å². The highest BCUT2D eigenvalue weighted by molar-refractivity contribution is 5.80. The van der Waals surface area contributed by atoms with Gasteiger partial charge in [-0.15, -0.1) is 6.58 Å². The fourth-order valence-corrected chi connectivity index (χ4v) is 1.70. The Kier molecular flexibility index (Phi) is 2.68. The lowest BCUT2D eigenvalue weighted by Crippen LogP contribution is -1.83. The fourth-order valence-electron chi connectivity index (χ4n) is 1.70. The largest absolute Gasteiger partial charge is 0.358 e. The molecule has 72 valence electrons. The Hall–Kier alpha value is -1.50. The van der Waals surface area contributed by atoms with Crippen LogP contribution in [0.2, 0.25) is 0 Å². The molecule has 14 heavy (non-hydrogen) atoms. The van der Waals surface area contributed by atoms with Crippen molar-refractivity contribution in [3.63, 3.8) is 0 Å². The molecule has 1 heteroatoms. The number of aromatic nitrogens is 1. The van der Waals surface area contributed by atoms with E-state index >= 15 is 0 Å². The van der Waals surface area contributed by atoms with Crippen LogP contribution in [0.3, 0.4) is 0 Å². The molecule has 1 aromatic heterocycles. The van der Waals surface area contributed by atoms with Crippen LogP contribution in [0.25, 0.3) is 10.9 Å². The van der Waals surface area contributed by atoms with Crippen molar-refractivity contribution in [2.24, 2.45) is 0 Å². The summed E-state index contributed by atoms with van der Waals surface area (Å²) in [6.07, 6.45) is 5.36.